The van der Waals surface area contributed by atoms with Crippen molar-refractivity contribution < 1.29 is 9.90 Å². The number of aromatic nitrogens is 2. The van der Waals surface area contributed by atoms with Gasteiger partial charge in [0.05, 0.1) is 18.0 Å². The maximum absolute atomic E-state index is 12.1. The van der Waals surface area contributed by atoms with E-state index < -0.39 is 0 Å². The quantitative estimate of drug-likeness (QED) is 0.608. The van der Waals surface area contributed by atoms with Crippen LogP contribution in [0.1, 0.15) is 25.6 Å². The third-order valence-corrected chi connectivity index (χ3v) is 5.73. The van der Waals surface area contributed by atoms with Gasteiger partial charge in [-0.3, -0.25) is 4.79 Å². The number of anilines is 1. The number of aryl methyl sites for hydroxylation is 1. The van der Waals surface area contributed by atoms with E-state index >= 15 is 0 Å². The molecule has 1 unspecified atom stereocenters. The van der Waals surface area contributed by atoms with Gasteiger partial charge in [0, 0.05) is 24.9 Å². The summed E-state index contributed by atoms with van der Waals surface area (Å²) < 4.78 is 0. The van der Waals surface area contributed by atoms with E-state index in [0.717, 1.165) is 26.5 Å². The van der Waals surface area contributed by atoms with Crippen LogP contribution in [-0.2, 0) is 4.79 Å². The summed E-state index contributed by atoms with van der Waals surface area (Å²) in [5, 5.41) is 13.1. The molecule has 7 heteroatoms. The first-order chi connectivity index (χ1) is 13.5. The highest BCUT2D eigenvalue weighted by atomic mass is 32.1. The summed E-state index contributed by atoms with van der Waals surface area (Å²) in [5.74, 6) is 1.49. The number of amides is 1. The fourth-order valence-electron chi connectivity index (χ4n) is 3.00. The molecule has 0 radical (unpaired) electrons. The molecule has 1 aromatic carbocycles. The van der Waals surface area contributed by atoms with Gasteiger partial charge in [0.1, 0.15) is 16.5 Å². The smallest absolute Gasteiger partial charge is 0.222 e. The number of carbonyl (C=O) groups excluding carboxylic acids is 1. The molecule has 3 rings (SSSR count). The van der Waals surface area contributed by atoms with Crippen LogP contribution in [0.15, 0.2) is 36.4 Å². The molecule has 1 amide bonds. The monoisotopic (exact) mass is 398 g/mol. The Hall–Kier alpha value is -2.51. The lowest BCUT2D eigenvalue weighted by molar-refractivity contribution is -0.121. The van der Waals surface area contributed by atoms with Gasteiger partial charge < -0.3 is 15.3 Å². The van der Waals surface area contributed by atoms with Crippen molar-refractivity contribution in [2.24, 2.45) is 0 Å². The standard InChI is InChI=1S/C21H26N4O2S/c1-4-16(13-26)24-19(27)10-11-25(3)20-17-12-18(15-8-6-5-7-9-15)28-21(17)23-14(2)22-20/h5-9,12,16,26H,4,10-11,13H2,1-3H3,(H,24,27). The summed E-state index contributed by atoms with van der Waals surface area (Å²) in [5.41, 5.74) is 1.16. The number of hydrogen-bond acceptors (Lipinski definition) is 6. The molecule has 0 spiro atoms. The predicted octanol–water partition coefficient (Wildman–Crippen LogP) is 3.38. The number of hydrogen-bond donors (Lipinski definition) is 2. The van der Waals surface area contributed by atoms with E-state index in [1.165, 1.54) is 0 Å². The molecule has 1 atom stereocenters. The number of nitrogens with zero attached hydrogens (tertiary/aromatic N) is 3. The van der Waals surface area contributed by atoms with Crippen molar-refractivity contribution in [3.8, 4) is 10.4 Å². The second kappa shape index (κ2) is 9.12. The Balaban J connectivity index is 1.80. The van der Waals surface area contributed by atoms with E-state index in [2.05, 4.69) is 33.5 Å². The summed E-state index contributed by atoms with van der Waals surface area (Å²) in [4.78, 5) is 25.5. The Kier molecular flexibility index (Phi) is 6.59. The first-order valence-corrected chi connectivity index (χ1v) is 10.3. The maximum atomic E-state index is 12.1. The Labute approximate surface area is 169 Å². The fraction of sp³-hybridized carbons (Fsp3) is 0.381. The SMILES string of the molecule is CCC(CO)NC(=O)CCN(C)c1nc(C)nc2sc(-c3ccccc3)cc12. The molecule has 3 aromatic rings. The molecule has 148 valence electrons. The normalized spacial score (nSPS) is 12.1. The lowest BCUT2D eigenvalue weighted by Crippen LogP contribution is -2.38. The molecule has 0 saturated heterocycles. The van der Waals surface area contributed by atoms with Crippen molar-refractivity contribution in [1.29, 1.82) is 0 Å². The van der Waals surface area contributed by atoms with Crippen LogP contribution in [0, 0.1) is 6.92 Å². The Bertz CT molecular complexity index is 938. The minimum Gasteiger partial charge on any atom is -0.394 e. The molecule has 0 aliphatic rings. The summed E-state index contributed by atoms with van der Waals surface area (Å²) in [6.45, 7) is 4.32. The van der Waals surface area contributed by atoms with E-state index in [1.807, 2.05) is 44.0 Å². The van der Waals surface area contributed by atoms with Crippen molar-refractivity contribution >= 4 is 33.3 Å². The number of aliphatic hydroxyl groups is 1. The van der Waals surface area contributed by atoms with Gasteiger partial charge in [0.2, 0.25) is 5.91 Å². The van der Waals surface area contributed by atoms with Crippen LogP contribution in [0.25, 0.3) is 20.7 Å². The van der Waals surface area contributed by atoms with Gasteiger partial charge in [-0.15, -0.1) is 11.3 Å². The highest BCUT2D eigenvalue weighted by Crippen LogP contribution is 2.36. The fourth-order valence-corrected chi connectivity index (χ4v) is 4.07. The number of rotatable bonds is 8. The van der Waals surface area contributed by atoms with E-state index in [4.69, 9.17) is 0 Å². The molecule has 6 nitrogen and oxygen atoms in total. The Morgan fingerprint density at radius 2 is 2.04 bits per heavy atom. The molecule has 2 heterocycles. The topological polar surface area (TPSA) is 78.4 Å². The molecule has 0 saturated carbocycles. The number of thiophene rings is 1. The van der Waals surface area contributed by atoms with E-state index in [1.54, 1.807) is 11.3 Å². The van der Waals surface area contributed by atoms with E-state index in [-0.39, 0.29) is 18.6 Å². The van der Waals surface area contributed by atoms with Crippen LogP contribution in [0.4, 0.5) is 5.82 Å². The second-order valence-electron chi connectivity index (χ2n) is 6.82. The molecule has 0 aliphatic heterocycles. The summed E-state index contributed by atoms with van der Waals surface area (Å²) in [6.07, 6.45) is 1.05. The van der Waals surface area contributed by atoms with Crippen molar-refractivity contribution in [3.05, 3.63) is 42.2 Å². The van der Waals surface area contributed by atoms with Gasteiger partial charge in [-0.25, -0.2) is 9.97 Å². The molecule has 2 N–H and O–H groups in total. The van der Waals surface area contributed by atoms with Gasteiger partial charge >= 0.3 is 0 Å². The summed E-state index contributed by atoms with van der Waals surface area (Å²) >= 11 is 1.65. The largest absolute Gasteiger partial charge is 0.394 e. The molecule has 0 aliphatic carbocycles. The zero-order valence-electron chi connectivity index (χ0n) is 16.5. The van der Waals surface area contributed by atoms with Gasteiger partial charge in [0.25, 0.3) is 0 Å². The van der Waals surface area contributed by atoms with Crippen LogP contribution in [0.2, 0.25) is 0 Å². The number of nitrogens with one attached hydrogen (secondary N) is 1. The van der Waals surface area contributed by atoms with Crippen LogP contribution in [0.5, 0.6) is 0 Å². The lowest BCUT2D eigenvalue weighted by Gasteiger charge is -2.20. The van der Waals surface area contributed by atoms with Gasteiger partial charge in [-0.05, 0) is 25.0 Å². The molecule has 2 aromatic heterocycles. The van der Waals surface area contributed by atoms with Gasteiger partial charge in [-0.2, -0.15) is 0 Å². The highest BCUT2D eigenvalue weighted by Gasteiger charge is 2.16. The minimum absolute atomic E-state index is 0.0407. The molecular formula is C21H26N4O2S. The van der Waals surface area contributed by atoms with Gasteiger partial charge in [0.15, 0.2) is 0 Å². The molecule has 0 bridgehead atoms. The number of benzene rings is 1. The zero-order valence-corrected chi connectivity index (χ0v) is 17.3. The van der Waals surface area contributed by atoms with E-state index in [9.17, 15) is 9.90 Å². The average Bonchev–Trinajstić information content (AvgIpc) is 3.14. The predicted molar refractivity (Wildman–Crippen MR) is 115 cm³/mol. The summed E-state index contributed by atoms with van der Waals surface area (Å²) in [6, 6.07) is 12.2. The third-order valence-electron chi connectivity index (χ3n) is 4.66. The van der Waals surface area contributed by atoms with Crippen LogP contribution in [0.3, 0.4) is 0 Å². The molecule has 0 fully saturated rings. The molecule has 28 heavy (non-hydrogen) atoms. The third kappa shape index (κ3) is 4.66. The number of aliphatic hydroxyl groups excluding tert-OH is 1. The Morgan fingerprint density at radius 1 is 1.29 bits per heavy atom. The number of fused-ring (bicyclic) bond motifs is 1. The van der Waals surface area contributed by atoms with Crippen LogP contribution in [-0.4, -0.2) is 47.2 Å². The van der Waals surface area contributed by atoms with Crippen LogP contribution < -0.4 is 10.2 Å². The lowest BCUT2D eigenvalue weighted by atomic mass is 10.2. The van der Waals surface area contributed by atoms with Crippen molar-refractivity contribution in [2.45, 2.75) is 32.7 Å². The van der Waals surface area contributed by atoms with E-state index in [0.29, 0.717) is 25.2 Å². The van der Waals surface area contributed by atoms with Crippen molar-refractivity contribution in [1.82, 2.24) is 15.3 Å². The van der Waals surface area contributed by atoms with Crippen LogP contribution >= 0.6 is 11.3 Å². The minimum atomic E-state index is -0.184. The average molecular weight is 399 g/mol. The zero-order chi connectivity index (χ0) is 20.1. The van der Waals surface area contributed by atoms with Gasteiger partial charge in [-0.1, -0.05) is 37.3 Å². The first-order valence-electron chi connectivity index (χ1n) is 9.46. The summed E-state index contributed by atoms with van der Waals surface area (Å²) in [7, 11) is 1.94. The molecular weight excluding hydrogens is 372 g/mol. The van der Waals surface area contributed by atoms with Crippen molar-refractivity contribution in [2.75, 3.05) is 25.1 Å². The maximum Gasteiger partial charge on any atom is 0.222 e. The number of carbonyl (C=O) groups is 1. The van der Waals surface area contributed by atoms with Crippen molar-refractivity contribution in [3.63, 3.8) is 0 Å². The Morgan fingerprint density at radius 3 is 2.71 bits per heavy atom. The highest BCUT2D eigenvalue weighted by molar-refractivity contribution is 7.21. The first kappa shape index (κ1) is 20.2. The second-order valence-corrected chi connectivity index (χ2v) is 7.85.